The van der Waals surface area contributed by atoms with Crippen LogP contribution in [-0.4, -0.2) is 15.1 Å². The highest BCUT2D eigenvalue weighted by Crippen LogP contribution is 2.26. The Labute approximate surface area is 137 Å². The van der Waals surface area contributed by atoms with Gasteiger partial charge in [-0.25, -0.2) is 9.37 Å². The average Bonchev–Trinajstić information content (AvgIpc) is 2.62. The van der Waals surface area contributed by atoms with Crippen molar-refractivity contribution in [3.8, 4) is 29.0 Å². The predicted molar refractivity (Wildman–Crippen MR) is 84.6 cm³/mol. The second-order valence-electron chi connectivity index (χ2n) is 4.91. The lowest BCUT2D eigenvalue weighted by Gasteiger charge is -2.10. The number of aliphatic hydroxyl groups excluding tert-OH is 1. The minimum atomic E-state index is -0.380. The summed E-state index contributed by atoms with van der Waals surface area (Å²) in [6.07, 6.45) is 1.45. The lowest BCUT2D eigenvalue weighted by Crippen LogP contribution is -2.00. The molecule has 0 aliphatic heterocycles. The van der Waals surface area contributed by atoms with Gasteiger partial charge in [-0.2, -0.15) is 5.26 Å². The van der Waals surface area contributed by atoms with Gasteiger partial charge in [0.2, 0.25) is 5.88 Å². The molecule has 0 saturated heterocycles. The Morgan fingerprint density at radius 1 is 1.17 bits per heavy atom. The smallest absolute Gasteiger partial charge is 0.244 e. The highest BCUT2D eigenvalue weighted by atomic mass is 19.1. The molecule has 24 heavy (non-hydrogen) atoms. The number of ether oxygens (including phenoxy) is 1. The Kier molecular flexibility index (Phi) is 4.45. The summed E-state index contributed by atoms with van der Waals surface area (Å²) in [6, 6.07) is 14.4. The van der Waals surface area contributed by atoms with Gasteiger partial charge in [0, 0.05) is 5.56 Å². The second-order valence-corrected chi connectivity index (χ2v) is 4.91. The Hall–Kier alpha value is -3.30. The lowest BCUT2D eigenvalue weighted by atomic mass is 10.1. The third kappa shape index (κ3) is 3.37. The van der Waals surface area contributed by atoms with Gasteiger partial charge in [0.15, 0.2) is 0 Å². The van der Waals surface area contributed by atoms with Gasteiger partial charge in [0.1, 0.15) is 17.3 Å². The van der Waals surface area contributed by atoms with Crippen LogP contribution in [0.3, 0.4) is 0 Å². The third-order valence-corrected chi connectivity index (χ3v) is 3.28. The average molecular weight is 321 g/mol. The number of hydrogen-bond acceptors (Lipinski definition) is 5. The first kappa shape index (κ1) is 15.6. The highest BCUT2D eigenvalue weighted by molar-refractivity contribution is 5.59. The number of aliphatic hydroxyl groups is 1. The van der Waals surface area contributed by atoms with Crippen molar-refractivity contribution in [3.05, 3.63) is 71.8 Å². The fourth-order valence-electron chi connectivity index (χ4n) is 2.08. The molecule has 0 spiro atoms. The summed E-state index contributed by atoms with van der Waals surface area (Å²) in [6.45, 7) is -0.345. The summed E-state index contributed by atoms with van der Waals surface area (Å²) < 4.78 is 19.0. The zero-order valence-corrected chi connectivity index (χ0v) is 12.5. The first-order chi connectivity index (χ1) is 11.7. The van der Waals surface area contributed by atoms with Crippen molar-refractivity contribution in [1.29, 1.82) is 5.26 Å². The number of halogens is 1. The Morgan fingerprint density at radius 2 is 1.96 bits per heavy atom. The molecule has 0 fully saturated rings. The first-order valence-corrected chi connectivity index (χ1v) is 7.10. The van der Waals surface area contributed by atoms with Crippen LogP contribution in [0, 0.1) is 17.1 Å². The first-order valence-electron chi connectivity index (χ1n) is 7.10. The zero-order valence-electron chi connectivity index (χ0n) is 12.5. The molecule has 0 bridgehead atoms. The number of aromatic nitrogens is 2. The maximum Gasteiger partial charge on any atom is 0.244 e. The molecule has 1 N–H and O–H groups in total. The standard InChI is InChI=1S/C18H12FN3O2/c19-14-3-1-2-13(8-14)16-10-21-17(11-23)18(22-16)24-15-6-4-12(9-20)5-7-15/h1-8,10,23H,11H2. The van der Waals surface area contributed by atoms with Crippen LogP contribution in [0.25, 0.3) is 11.3 Å². The number of nitriles is 1. The van der Waals surface area contributed by atoms with E-state index >= 15 is 0 Å². The normalized spacial score (nSPS) is 10.2. The van der Waals surface area contributed by atoms with E-state index in [1.165, 1.54) is 18.3 Å². The van der Waals surface area contributed by atoms with Gasteiger partial charge in [-0.15, -0.1) is 0 Å². The van der Waals surface area contributed by atoms with Crippen molar-refractivity contribution in [2.45, 2.75) is 6.61 Å². The maximum absolute atomic E-state index is 13.4. The number of rotatable bonds is 4. The molecule has 0 aliphatic carbocycles. The van der Waals surface area contributed by atoms with Gasteiger partial charge in [-0.1, -0.05) is 12.1 Å². The van der Waals surface area contributed by atoms with Crippen LogP contribution in [0.2, 0.25) is 0 Å². The van der Waals surface area contributed by atoms with E-state index in [-0.39, 0.29) is 24.0 Å². The van der Waals surface area contributed by atoms with E-state index in [9.17, 15) is 9.50 Å². The molecule has 118 valence electrons. The summed E-state index contributed by atoms with van der Waals surface area (Å²) in [4.78, 5) is 8.44. The monoisotopic (exact) mass is 321 g/mol. The van der Waals surface area contributed by atoms with Crippen molar-refractivity contribution in [2.24, 2.45) is 0 Å². The molecule has 0 radical (unpaired) electrons. The number of nitrogens with zero attached hydrogens (tertiary/aromatic N) is 3. The van der Waals surface area contributed by atoms with Gasteiger partial charge in [0.25, 0.3) is 0 Å². The Bertz CT molecular complexity index is 905. The maximum atomic E-state index is 13.4. The second kappa shape index (κ2) is 6.86. The van der Waals surface area contributed by atoms with E-state index in [0.29, 0.717) is 22.6 Å². The fraction of sp³-hybridized carbons (Fsp3) is 0.0556. The van der Waals surface area contributed by atoms with Gasteiger partial charge < -0.3 is 9.84 Å². The van der Waals surface area contributed by atoms with E-state index in [0.717, 1.165) is 0 Å². The molecule has 0 atom stereocenters. The van der Waals surface area contributed by atoms with E-state index < -0.39 is 0 Å². The van der Waals surface area contributed by atoms with Crippen LogP contribution in [0.5, 0.6) is 11.6 Å². The van der Waals surface area contributed by atoms with E-state index in [1.54, 1.807) is 36.4 Å². The topological polar surface area (TPSA) is 79.0 Å². The Balaban J connectivity index is 1.96. The quantitative estimate of drug-likeness (QED) is 0.796. The van der Waals surface area contributed by atoms with Crippen molar-refractivity contribution >= 4 is 0 Å². The number of hydrogen-bond donors (Lipinski definition) is 1. The SMILES string of the molecule is N#Cc1ccc(Oc2nc(-c3cccc(F)c3)cnc2CO)cc1. The van der Waals surface area contributed by atoms with Crippen LogP contribution in [-0.2, 0) is 6.61 Å². The summed E-state index contributed by atoms with van der Waals surface area (Å²) in [5.74, 6) is 0.202. The van der Waals surface area contributed by atoms with E-state index in [4.69, 9.17) is 10.00 Å². The molecule has 3 aromatic rings. The molecule has 3 rings (SSSR count). The summed E-state index contributed by atoms with van der Waals surface area (Å²) in [5.41, 5.74) is 1.75. The van der Waals surface area contributed by atoms with Crippen molar-refractivity contribution in [3.63, 3.8) is 0 Å². The van der Waals surface area contributed by atoms with Gasteiger partial charge in [-0.3, -0.25) is 4.98 Å². The molecule has 5 nitrogen and oxygen atoms in total. The molecule has 0 amide bonds. The van der Waals surface area contributed by atoms with E-state index in [2.05, 4.69) is 9.97 Å². The highest BCUT2D eigenvalue weighted by Gasteiger charge is 2.11. The van der Waals surface area contributed by atoms with Crippen molar-refractivity contribution < 1.29 is 14.2 Å². The van der Waals surface area contributed by atoms with Crippen LogP contribution in [0.15, 0.2) is 54.7 Å². The third-order valence-electron chi connectivity index (χ3n) is 3.28. The predicted octanol–water partition coefficient (Wildman–Crippen LogP) is 3.44. The number of benzene rings is 2. The molecule has 0 unspecified atom stereocenters. The minimum absolute atomic E-state index is 0.129. The van der Waals surface area contributed by atoms with Crippen molar-refractivity contribution in [2.75, 3.05) is 0 Å². The molecule has 0 aliphatic rings. The summed E-state index contributed by atoms with van der Waals surface area (Å²) >= 11 is 0. The van der Waals surface area contributed by atoms with Crippen LogP contribution in [0.4, 0.5) is 4.39 Å². The van der Waals surface area contributed by atoms with Gasteiger partial charge >= 0.3 is 0 Å². The van der Waals surface area contributed by atoms with Crippen LogP contribution < -0.4 is 4.74 Å². The molecular weight excluding hydrogens is 309 g/mol. The van der Waals surface area contributed by atoms with Crippen LogP contribution in [0.1, 0.15) is 11.3 Å². The molecule has 2 aromatic carbocycles. The molecule has 0 saturated carbocycles. The zero-order chi connectivity index (χ0) is 16.9. The fourth-order valence-corrected chi connectivity index (χ4v) is 2.08. The van der Waals surface area contributed by atoms with Crippen molar-refractivity contribution in [1.82, 2.24) is 9.97 Å². The Morgan fingerprint density at radius 3 is 2.62 bits per heavy atom. The minimum Gasteiger partial charge on any atom is -0.437 e. The molecule has 6 heteroatoms. The van der Waals surface area contributed by atoms with Gasteiger partial charge in [-0.05, 0) is 36.4 Å². The summed E-state index contributed by atoms with van der Waals surface area (Å²) in [5, 5.41) is 18.2. The molecule has 1 heterocycles. The lowest BCUT2D eigenvalue weighted by molar-refractivity contribution is 0.269. The molecular formula is C18H12FN3O2. The molecule has 1 aromatic heterocycles. The summed E-state index contributed by atoms with van der Waals surface area (Å²) in [7, 11) is 0. The largest absolute Gasteiger partial charge is 0.437 e. The van der Waals surface area contributed by atoms with Gasteiger partial charge in [0.05, 0.1) is 30.1 Å². The van der Waals surface area contributed by atoms with E-state index in [1.807, 2.05) is 6.07 Å². The van der Waals surface area contributed by atoms with Crippen LogP contribution >= 0.6 is 0 Å².